The number of ether oxygens (including phenoxy) is 2. The first-order chi connectivity index (χ1) is 12.0. The third-order valence-corrected chi connectivity index (χ3v) is 4.48. The van der Waals surface area contributed by atoms with Crippen LogP contribution in [0, 0.1) is 0 Å². The molecule has 0 aliphatic rings. The van der Waals surface area contributed by atoms with Gasteiger partial charge in [-0.2, -0.15) is 0 Å². The van der Waals surface area contributed by atoms with Crippen LogP contribution in [0.2, 0.25) is 10.0 Å². The van der Waals surface area contributed by atoms with Gasteiger partial charge in [0, 0.05) is 23.1 Å². The van der Waals surface area contributed by atoms with Gasteiger partial charge in [0.25, 0.3) is 0 Å². The van der Waals surface area contributed by atoms with E-state index in [9.17, 15) is 0 Å². The molecule has 0 atom stereocenters. The summed E-state index contributed by atoms with van der Waals surface area (Å²) >= 11 is 17.3. The van der Waals surface area contributed by atoms with Gasteiger partial charge >= 0.3 is 0 Å². The number of methoxy groups -OCH3 is 2. The van der Waals surface area contributed by atoms with Gasteiger partial charge < -0.3 is 20.1 Å². The second-order valence-electron chi connectivity index (χ2n) is 5.28. The minimum atomic E-state index is 0.540. The molecule has 2 aromatic carbocycles. The number of nitrogens with one attached hydrogen (secondary N) is 2. The molecule has 0 saturated carbocycles. The molecule has 0 spiro atoms. The molecule has 0 unspecified atom stereocenters. The zero-order chi connectivity index (χ0) is 18.2. The van der Waals surface area contributed by atoms with Crippen LogP contribution in [0.3, 0.4) is 0 Å². The average Bonchev–Trinajstić information content (AvgIpc) is 2.60. The molecule has 2 rings (SSSR count). The molecule has 134 valence electrons. The standard InChI is InChI=1S/C18H20Cl2N2O2S/c1-23-16-6-3-12(9-17(16)24-2)7-8-21-18(25)22-11-13-4-5-14(19)10-15(13)20/h3-6,9-10H,7-8,11H2,1-2H3,(H2,21,22,25). The zero-order valence-corrected chi connectivity index (χ0v) is 16.4. The third kappa shape index (κ3) is 5.96. The highest BCUT2D eigenvalue weighted by molar-refractivity contribution is 7.80. The summed E-state index contributed by atoms with van der Waals surface area (Å²) in [6.07, 6.45) is 0.809. The van der Waals surface area contributed by atoms with E-state index < -0.39 is 0 Å². The van der Waals surface area contributed by atoms with Crippen LogP contribution in [-0.4, -0.2) is 25.9 Å². The zero-order valence-electron chi connectivity index (χ0n) is 14.1. The van der Waals surface area contributed by atoms with Gasteiger partial charge in [0.15, 0.2) is 16.6 Å². The molecule has 7 heteroatoms. The summed E-state index contributed by atoms with van der Waals surface area (Å²) in [4.78, 5) is 0. The molecular weight excluding hydrogens is 379 g/mol. The van der Waals surface area contributed by atoms with E-state index in [-0.39, 0.29) is 0 Å². The van der Waals surface area contributed by atoms with E-state index in [2.05, 4.69) is 10.6 Å². The highest BCUT2D eigenvalue weighted by atomic mass is 35.5. The maximum Gasteiger partial charge on any atom is 0.166 e. The molecule has 0 bridgehead atoms. The van der Waals surface area contributed by atoms with E-state index >= 15 is 0 Å². The summed E-state index contributed by atoms with van der Waals surface area (Å²) in [6.45, 7) is 1.24. The van der Waals surface area contributed by atoms with Gasteiger partial charge in [0.2, 0.25) is 0 Å². The Kier molecular flexibility index (Phi) is 7.62. The smallest absolute Gasteiger partial charge is 0.166 e. The number of benzene rings is 2. The molecule has 0 aliphatic heterocycles. The SMILES string of the molecule is COc1ccc(CCNC(=S)NCc2ccc(Cl)cc2Cl)cc1OC. The van der Waals surface area contributed by atoms with Crippen LogP contribution in [0.25, 0.3) is 0 Å². The highest BCUT2D eigenvalue weighted by Gasteiger charge is 2.05. The van der Waals surface area contributed by atoms with E-state index in [1.54, 1.807) is 26.4 Å². The normalized spacial score (nSPS) is 10.2. The Morgan fingerprint density at radius 2 is 1.76 bits per heavy atom. The second kappa shape index (κ2) is 9.70. The van der Waals surface area contributed by atoms with Gasteiger partial charge in [-0.05, 0) is 54.0 Å². The number of thiocarbonyl (C=S) groups is 1. The van der Waals surface area contributed by atoms with Gasteiger partial charge in [-0.15, -0.1) is 0 Å². The number of hydrogen-bond donors (Lipinski definition) is 2. The van der Waals surface area contributed by atoms with Crippen molar-refractivity contribution in [2.24, 2.45) is 0 Å². The lowest BCUT2D eigenvalue weighted by atomic mass is 10.1. The molecule has 25 heavy (non-hydrogen) atoms. The quantitative estimate of drug-likeness (QED) is 0.683. The Morgan fingerprint density at radius 1 is 1.00 bits per heavy atom. The van der Waals surface area contributed by atoms with Crippen molar-refractivity contribution in [2.45, 2.75) is 13.0 Å². The van der Waals surface area contributed by atoms with Crippen molar-refractivity contribution in [1.82, 2.24) is 10.6 Å². The van der Waals surface area contributed by atoms with Gasteiger partial charge in [-0.25, -0.2) is 0 Å². The molecule has 0 amide bonds. The molecule has 4 nitrogen and oxygen atoms in total. The predicted molar refractivity (Wildman–Crippen MR) is 107 cm³/mol. The lowest BCUT2D eigenvalue weighted by Gasteiger charge is -2.12. The molecule has 2 aromatic rings. The summed E-state index contributed by atoms with van der Waals surface area (Å²) in [5, 5.41) is 8.12. The van der Waals surface area contributed by atoms with Crippen molar-refractivity contribution in [3.05, 3.63) is 57.6 Å². The Morgan fingerprint density at radius 3 is 2.44 bits per heavy atom. The van der Waals surface area contributed by atoms with Crippen LogP contribution in [0.1, 0.15) is 11.1 Å². The summed E-state index contributed by atoms with van der Waals surface area (Å²) in [5.41, 5.74) is 2.07. The van der Waals surface area contributed by atoms with Crippen molar-refractivity contribution in [1.29, 1.82) is 0 Å². The van der Waals surface area contributed by atoms with Crippen molar-refractivity contribution in [3.8, 4) is 11.5 Å². The van der Waals surface area contributed by atoms with Crippen LogP contribution in [-0.2, 0) is 13.0 Å². The first kappa shape index (κ1) is 19.6. The van der Waals surface area contributed by atoms with Crippen molar-refractivity contribution < 1.29 is 9.47 Å². The Labute approximate surface area is 163 Å². The van der Waals surface area contributed by atoms with Gasteiger partial charge in [-0.3, -0.25) is 0 Å². The van der Waals surface area contributed by atoms with Gasteiger partial charge in [0.05, 0.1) is 14.2 Å². The molecule has 2 N–H and O–H groups in total. The van der Waals surface area contributed by atoms with E-state index in [0.29, 0.717) is 28.2 Å². The van der Waals surface area contributed by atoms with E-state index in [1.165, 1.54) is 0 Å². The Hall–Kier alpha value is -1.69. The lowest BCUT2D eigenvalue weighted by Crippen LogP contribution is -2.35. The third-order valence-electron chi connectivity index (χ3n) is 3.60. The maximum absolute atomic E-state index is 6.14. The van der Waals surface area contributed by atoms with Crippen LogP contribution in [0.5, 0.6) is 11.5 Å². The largest absolute Gasteiger partial charge is 0.493 e. The van der Waals surface area contributed by atoms with Crippen LogP contribution < -0.4 is 20.1 Å². The number of hydrogen-bond acceptors (Lipinski definition) is 3. The van der Waals surface area contributed by atoms with Gasteiger partial charge in [-0.1, -0.05) is 35.3 Å². The topological polar surface area (TPSA) is 42.5 Å². The van der Waals surface area contributed by atoms with Gasteiger partial charge in [0.1, 0.15) is 0 Å². The van der Waals surface area contributed by atoms with Crippen molar-refractivity contribution in [3.63, 3.8) is 0 Å². The fourth-order valence-electron chi connectivity index (χ4n) is 2.26. The molecular formula is C18H20Cl2N2O2S. The first-order valence-corrected chi connectivity index (χ1v) is 8.86. The van der Waals surface area contributed by atoms with Crippen LogP contribution in [0.15, 0.2) is 36.4 Å². The molecule has 0 aliphatic carbocycles. The average molecular weight is 399 g/mol. The van der Waals surface area contributed by atoms with Crippen molar-refractivity contribution >= 4 is 40.5 Å². The van der Waals surface area contributed by atoms with E-state index in [1.807, 2.05) is 24.3 Å². The van der Waals surface area contributed by atoms with Crippen LogP contribution in [0.4, 0.5) is 0 Å². The number of rotatable bonds is 7. The molecule has 0 saturated heterocycles. The monoisotopic (exact) mass is 398 g/mol. The molecule has 0 heterocycles. The Balaban J connectivity index is 1.78. The summed E-state index contributed by atoms with van der Waals surface area (Å²) < 4.78 is 10.5. The molecule has 0 radical (unpaired) electrons. The van der Waals surface area contributed by atoms with Crippen molar-refractivity contribution in [2.75, 3.05) is 20.8 Å². The molecule has 0 fully saturated rings. The lowest BCUT2D eigenvalue weighted by molar-refractivity contribution is 0.354. The fraction of sp³-hybridized carbons (Fsp3) is 0.278. The predicted octanol–water partition coefficient (Wildman–Crippen LogP) is 4.22. The highest BCUT2D eigenvalue weighted by Crippen LogP contribution is 2.27. The first-order valence-electron chi connectivity index (χ1n) is 7.70. The summed E-state index contributed by atoms with van der Waals surface area (Å²) in [5.74, 6) is 1.44. The van der Waals surface area contributed by atoms with Crippen LogP contribution >= 0.6 is 35.4 Å². The molecule has 0 aromatic heterocycles. The Bertz CT molecular complexity index is 741. The summed E-state index contributed by atoms with van der Waals surface area (Å²) in [7, 11) is 3.25. The summed E-state index contributed by atoms with van der Waals surface area (Å²) in [6, 6.07) is 11.3. The minimum Gasteiger partial charge on any atom is -0.493 e. The van der Waals surface area contributed by atoms with E-state index in [4.69, 9.17) is 44.9 Å². The second-order valence-corrected chi connectivity index (χ2v) is 6.54. The maximum atomic E-state index is 6.14. The minimum absolute atomic E-state index is 0.540. The van der Waals surface area contributed by atoms with E-state index in [0.717, 1.165) is 29.0 Å². The fourth-order valence-corrected chi connectivity index (χ4v) is 2.91. The number of halogens is 2.